The number of benzene rings is 2. The van der Waals surface area contributed by atoms with Crippen LogP contribution in [0.5, 0.6) is 28.7 Å². The Labute approximate surface area is 388 Å². The number of hydrogen-bond acceptors (Lipinski definition) is 16. The lowest BCUT2D eigenvalue weighted by Gasteiger charge is -2.50. The zero-order valence-electron chi connectivity index (χ0n) is 36.5. The second kappa shape index (κ2) is 23.2. The van der Waals surface area contributed by atoms with Crippen molar-refractivity contribution in [3.63, 3.8) is 0 Å². The van der Waals surface area contributed by atoms with Gasteiger partial charge in [0.25, 0.3) is 0 Å². The lowest BCUT2D eigenvalue weighted by molar-refractivity contribution is -0.0808. The Morgan fingerprint density at radius 2 is 1.67 bits per heavy atom. The first-order chi connectivity index (χ1) is 30.5. The fraction of sp³-hybridized carbons (Fsp3) is 0.702. The van der Waals surface area contributed by atoms with E-state index < -0.39 is 37.8 Å². The maximum Gasteiger partial charge on any atom is 0.200 e. The molecule has 0 saturated heterocycles. The van der Waals surface area contributed by atoms with E-state index in [-0.39, 0.29) is 65.0 Å². The lowest BCUT2D eigenvalue weighted by atomic mass is 9.55. The Bertz CT molecular complexity index is 1870. The first kappa shape index (κ1) is 49.0. The molecule has 1 spiro atoms. The SMILES string of the molecule is COc1cc(CC2C(O)CSSC(CCO)c3cc(O)c(OC4CCC5CNCC6C#CC7(CC(C)CC(CSSC6)C7)C5C4)cc3CCC(OCO)CC2O)cc(OCO)c1O. The van der Waals surface area contributed by atoms with Gasteiger partial charge in [0.1, 0.15) is 6.79 Å². The maximum absolute atomic E-state index is 11.8. The van der Waals surface area contributed by atoms with E-state index in [0.717, 1.165) is 62.1 Å². The normalized spacial score (nSPS) is 34.1. The first-order valence-electron chi connectivity index (χ1n) is 22.6. The fourth-order valence-electron chi connectivity index (χ4n) is 11.0. The van der Waals surface area contributed by atoms with Crippen LogP contribution in [0.1, 0.15) is 86.7 Å². The standard InChI is InChI=1S/C47H67NO11S4/c1-28-11-31-20-47(19-28)9-7-29(23-60-61-24-31)21-48-22-33-4-6-35(16-38(33)47)59-42-15-32-3-5-34(57-26-50)17-39(52)37(12-30-13-43(56-2)46(55)44(14-30)58-27-51)41(54)25-62-63-45(8-10-49)36(32)18-40(42)53/h13-15,18,28-29,31,33-35,37-39,41,45,48-55H,3-6,8,10-12,16-17,19-27H2,1-2H3. The number of aromatic hydroxyl groups is 2. The number of ether oxygens (including phenoxy) is 4. The number of fused-ring (bicyclic) bond motifs is 4. The number of nitrogens with one attached hydrogen (secondary N) is 1. The van der Waals surface area contributed by atoms with E-state index in [1.165, 1.54) is 40.9 Å². The molecule has 3 bridgehead atoms. The number of methoxy groups -OCH3 is 1. The summed E-state index contributed by atoms with van der Waals surface area (Å²) in [4.78, 5) is 0. The number of aryl methyl sites for hydroxylation is 1. The van der Waals surface area contributed by atoms with E-state index in [1.807, 2.05) is 27.7 Å². The minimum atomic E-state index is -1.05. The van der Waals surface area contributed by atoms with Crippen LogP contribution in [-0.4, -0.2) is 118 Å². The van der Waals surface area contributed by atoms with Gasteiger partial charge in [-0.25, -0.2) is 0 Å². The summed E-state index contributed by atoms with van der Waals surface area (Å²) in [7, 11) is 8.36. The van der Waals surface area contributed by atoms with Crippen molar-refractivity contribution >= 4 is 43.2 Å². The third-order valence-corrected chi connectivity index (χ3v) is 19.4. The van der Waals surface area contributed by atoms with E-state index >= 15 is 0 Å². The molecule has 12 atom stereocenters. The molecule has 3 aliphatic heterocycles. The van der Waals surface area contributed by atoms with Crippen LogP contribution in [0.2, 0.25) is 0 Å². The zero-order valence-corrected chi connectivity index (χ0v) is 39.8. The van der Waals surface area contributed by atoms with Crippen LogP contribution in [0.15, 0.2) is 24.3 Å². The molecule has 16 heteroatoms. The Hall–Kier alpha value is -1.88. The summed E-state index contributed by atoms with van der Waals surface area (Å²) in [6.07, 6.45) is 5.19. The fourth-order valence-corrected chi connectivity index (χ4v) is 16.6. The van der Waals surface area contributed by atoms with Gasteiger partial charge in [0.2, 0.25) is 5.75 Å². The third kappa shape index (κ3) is 12.4. The molecule has 2 saturated carbocycles. The van der Waals surface area contributed by atoms with Crippen LogP contribution >= 0.6 is 43.2 Å². The quantitative estimate of drug-likeness (QED) is 0.0675. The van der Waals surface area contributed by atoms with E-state index in [0.29, 0.717) is 60.2 Å². The number of phenols is 2. The van der Waals surface area contributed by atoms with E-state index in [2.05, 4.69) is 24.1 Å². The highest BCUT2D eigenvalue weighted by molar-refractivity contribution is 8.77. The second-order valence-electron chi connectivity index (χ2n) is 18.4. The molecular weight excluding hydrogens is 883 g/mol. The number of hydrogen-bond donors (Lipinski definition) is 8. The topological polar surface area (TPSA) is 191 Å². The Balaban J connectivity index is 1.14. The molecule has 7 rings (SSSR count). The second-order valence-corrected chi connectivity index (χ2v) is 23.6. The first-order valence-corrected chi connectivity index (χ1v) is 27.5. The molecule has 0 amide bonds. The minimum Gasteiger partial charge on any atom is -0.504 e. The van der Waals surface area contributed by atoms with Crippen molar-refractivity contribution in [3.8, 4) is 40.6 Å². The maximum atomic E-state index is 11.8. The zero-order chi connectivity index (χ0) is 44.5. The van der Waals surface area contributed by atoms with Gasteiger partial charge in [0, 0.05) is 52.9 Å². The Kier molecular flexibility index (Phi) is 18.1. The van der Waals surface area contributed by atoms with Gasteiger partial charge in [-0.05, 0) is 142 Å². The van der Waals surface area contributed by atoms with Crippen LogP contribution in [-0.2, 0) is 17.6 Å². The summed E-state index contributed by atoms with van der Waals surface area (Å²) < 4.78 is 23.3. The van der Waals surface area contributed by atoms with Gasteiger partial charge < -0.3 is 60.0 Å². The molecule has 0 radical (unpaired) electrons. The lowest BCUT2D eigenvalue weighted by Crippen LogP contribution is -2.48. The molecule has 2 aromatic rings. The third-order valence-electron chi connectivity index (χ3n) is 14.0. The molecule has 12 unspecified atom stereocenters. The minimum absolute atomic E-state index is 0.0105. The number of rotatable bonds is 11. The number of aliphatic hydroxyl groups is 5. The van der Waals surface area contributed by atoms with Crippen LogP contribution < -0.4 is 19.5 Å². The highest BCUT2D eigenvalue weighted by Crippen LogP contribution is 2.55. The summed E-state index contributed by atoms with van der Waals surface area (Å²) in [6.45, 7) is 3.02. The van der Waals surface area contributed by atoms with Gasteiger partial charge in [-0.2, -0.15) is 0 Å². The summed E-state index contributed by atoms with van der Waals surface area (Å²) in [6, 6.07) is 6.89. The smallest absolute Gasteiger partial charge is 0.200 e. The van der Waals surface area contributed by atoms with Crippen LogP contribution in [0.3, 0.4) is 0 Å². The molecule has 3 heterocycles. The van der Waals surface area contributed by atoms with Crippen molar-refractivity contribution in [1.82, 2.24) is 5.32 Å². The average molecular weight is 950 g/mol. The summed E-state index contributed by atoms with van der Waals surface area (Å²) in [5, 5.41) is 79.0. The largest absolute Gasteiger partial charge is 0.504 e. The Morgan fingerprint density at radius 3 is 2.46 bits per heavy atom. The van der Waals surface area contributed by atoms with Crippen molar-refractivity contribution in [2.24, 2.45) is 40.9 Å². The monoisotopic (exact) mass is 949 g/mol. The van der Waals surface area contributed by atoms with Crippen molar-refractivity contribution in [2.45, 2.75) is 107 Å². The molecule has 8 N–H and O–H groups in total. The highest BCUT2D eigenvalue weighted by atomic mass is 33.1. The molecule has 2 aromatic carbocycles. The summed E-state index contributed by atoms with van der Waals surface area (Å²) >= 11 is 0. The highest BCUT2D eigenvalue weighted by Gasteiger charge is 2.50. The van der Waals surface area contributed by atoms with Crippen molar-refractivity contribution in [3.05, 3.63) is 41.0 Å². The molecular formula is C47H67NO11S4. The Morgan fingerprint density at radius 1 is 0.841 bits per heavy atom. The van der Waals surface area contributed by atoms with E-state index in [4.69, 9.17) is 18.9 Å². The van der Waals surface area contributed by atoms with E-state index in [9.17, 15) is 35.7 Å². The van der Waals surface area contributed by atoms with Gasteiger partial charge >= 0.3 is 0 Å². The summed E-state index contributed by atoms with van der Waals surface area (Å²) in [5.41, 5.74) is 2.35. The van der Waals surface area contributed by atoms with E-state index in [1.54, 1.807) is 18.2 Å². The van der Waals surface area contributed by atoms with Gasteiger partial charge in [-0.3, -0.25) is 0 Å². The molecule has 350 valence electrons. The summed E-state index contributed by atoms with van der Waals surface area (Å²) in [5.74, 6) is 12.4. The molecule has 2 aliphatic carbocycles. The average Bonchev–Trinajstić information content (AvgIpc) is 3.33. The number of phenolic OH excluding ortho intramolecular Hbond substituents is 2. The van der Waals surface area contributed by atoms with Crippen molar-refractivity contribution < 1.29 is 54.7 Å². The predicted molar refractivity (Wildman–Crippen MR) is 252 cm³/mol. The van der Waals surface area contributed by atoms with Gasteiger partial charge in [-0.1, -0.05) is 61.9 Å². The van der Waals surface area contributed by atoms with Gasteiger partial charge in [0.15, 0.2) is 29.8 Å². The molecule has 63 heavy (non-hydrogen) atoms. The predicted octanol–water partition coefficient (Wildman–Crippen LogP) is 6.70. The van der Waals surface area contributed by atoms with Crippen LogP contribution in [0.25, 0.3) is 0 Å². The van der Waals surface area contributed by atoms with Crippen LogP contribution in [0.4, 0.5) is 0 Å². The van der Waals surface area contributed by atoms with Crippen molar-refractivity contribution in [1.29, 1.82) is 0 Å². The van der Waals surface area contributed by atoms with Gasteiger partial charge in [0.05, 0.1) is 31.5 Å². The number of aliphatic hydroxyl groups excluding tert-OH is 5. The van der Waals surface area contributed by atoms with Crippen LogP contribution in [0, 0.1) is 52.8 Å². The van der Waals surface area contributed by atoms with Gasteiger partial charge in [-0.15, -0.1) is 0 Å². The molecule has 2 fully saturated rings. The molecule has 0 aromatic heterocycles. The van der Waals surface area contributed by atoms with Crippen molar-refractivity contribution in [2.75, 3.05) is 57.7 Å². The molecule has 12 nitrogen and oxygen atoms in total. The molecule has 5 aliphatic rings.